The van der Waals surface area contributed by atoms with Crippen molar-refractivity contribution in [2.24, 2.45) is 5.41 Å². The molecule has 0 aliphatic carbocycles. The van der Waals surface area contributed by atoms with E-state index in [1.165, 1.54) is 4.90 Å². The number of amides is 1. The van der Waals surface area contributed by atoms with E-state index in [4.69, 9.17) is 5.11 Å². The van der Waals surface area contributed by atoms with Gasteiger partial charge in [-0.15, -0.1) is 0 Å². The number of β-lactam (4-membered cyclic amide) rings is 1. The van der Waals surface area contributed by atoms with Crippen molar-refractivity contribution in [3.05, 3.63) is 35.2 Å². The number of hydrogen-bond donors (Lipinski definition) is 2. The number of pyridine rings is 1. The fourth-order valence-corrected chi connectivity index (χ4v) is 3.39. The summed E-state index contributed by atoms with van der Waals surface area (Å²) in [5.74, 6) is -1.18. The van der Waals surface area contributed by atoms with Gasteiger partial charge in [-0.05, 0) is 29.5 Å². The molecule has 3 heterocycles. The number of nitrogens with zero attached hydrogens (tertiary/aromatic N) is 2. The molecule has 6 heteroatoms. The van der Waals surface area contributed by atoms with E-state index in [2.05, 4.69) is 4.98 Å². The van der Waals surface area contributed by atoms with Crippen LogP contribution in [0.15, 0.2) is 23.9 Å². The number of carbonyl (C=O) groups excluding carboxylic acids is 1. The maximum atomic E-state index is 12.3. The number of aliphatic hydroxyl groups excluding tert-OH is 1. The van der Waals surface area contributed by atoms with Crippen molar-refractivity contribution in [2.75, 3.05) is 0 Å². The van der Waals surface area contributed by atoms with Gasteiger partial charge < -0.3 is 15.1 Å². The van der Waals surface area contributed by atoms with E-state index in [0.29, 0.717) is 23.3 Å². The van der Waals surface area contributed by atoms with Crippen molar-refractivity contribution in [1.29, 1.82) is 0 Å². The van der Waals surface area contributed by atoms with Crippen LogP contribution in [0.4, 0.5) is 0 Å². The van der Waals surface area contributed by atoms with E-state index >= 15 is 0 Å². The summed E-state index contributed by atoms with van der Waals surface area (Å²) in [6, 6.07) is 2.57. The van der Waals surface area contributed by atoms with Gasteiger partial charge in [0, 0.05) is 11.8 Å². The number of carboxylic acid groups (broad SMARTS) is 1. The van der Waals surface area contributed by atoms with E-state index in [9.17, 15) is 14.7 Å². The fourth-order valence-electron chi connectivity index (χ4n) is 3.39. The van der Waals surface area contributed by atoms with Crippen molar-refractivity contribution >= 4 is 18.0 Å². The van der Waals surface area contributed by atoms with Crippen molar-refractivity contribution in [2.45, 2.75) is 39.0 Å². The number of rotatable bonds is 3. The number of carboxylic acids is 1. The second-order valence-electron chi connectivity index (χ2n) is 6.51. The van der Waals surface area contributed by atoms with Crippen LogP contribution in [0.1, 0.15) is 31.5 Å². The second-order valence-corrected chi connectivity index (χ2v) is 6.51. The fraction of sp³-hybridized carbons (Fsp3) is 0.438. The average molecular weight is 302 g/mol. The van der Waals surface area contributed by atoms with Crippen LogP contribution < -0.4 is 0 Å². The Hall–Kier alpha value is -2.21. The van der Waals surface area contributed by atoms with Crippen LogP contribution >= 0.6 is 0 Å². The molecule has 1 amide bonds. The van der Waals surface area contributed by atoms with Gasteiger partial charge in [-0.1, -0.05) is 19.9 Å². The quantitative estimate of drug-likeness (QED) is 0.643. The third-order valence-electron chi connectivity index (χ3n) is 4.48. The van der Waals surface area contributed by atoms with E-state index in [0.717, 1.165) is 0 Å². The Balaban J connectivity index is 1.88. The predicted octanol–water partition coefficient (Wildman–Crippen LogP) is 1.05. The van der Waals surface area contributed by atoms with Crippen LogP contribution in [0, 0.1) is 5.41 Å². The lowest BCUT2D eigenvalue weighted by Gasteiger charge is -2.40. The molecule has 2 N–H and O–H groups in total. The first kappa shape index (κ1) is 14.7. The molecule has 116 valence electrons. The molecule has 0 spiro atoms. The van der Waals surface area contributed by atoms with E-state index in [1.54, 1.807) is 24.4 Å². The van der Waals surface area contributed by atoms with Crippen molar-refractivity contribution in [1.82, 2.24) is 9.88 Å². The molecule has 3 rings (SSSR count). The van der Waals surface area contributed by atoms with Crippen molar-refractivity contribution in [3.8, 4) is 0 Å². The first-order chi connectivity index (χ1) is 10.3. The van der Waals surface area contributed by atoms with Gasteiger partial charge in [-0.25, -0.2) is 4.79 Å². The monoisotopic (exact) mass is 302 g/mol. The molecule has 2 aliphatic rings. The third kappa shape index (κ3) is 2.11. The highest BCUT2D eigenvalue weighted by Crippen LogP contribution is 2.49. The molecular weight excluding hydrogens is 284 g/mol. The van der Waals surface area contributed by atoms with Gasteiger partial charge in [0.1, 0.15) is 6.04 Å². The van der Waals surface area contributed by atoms with Crippen molar-refractivity contribution in [3.63, 3.8) is 0 Å². The van der Waals surface area contributed by atoms with Crippen LogP contribution in [0.3, 0.4) is 0 Å². The molecular formula is C16H18N2O4. The lowest BCUT2D eigenvalue weighted by Crippen LogP contribution is -2.57. The van der Waals surface area contributed by atoms with Crippen LogP contribution in [0.5, 0.6) is 0 Å². The van der Waals surface area contributed by atoms with Crippen LogP contribution in [-0.4, -0.2) is 44.1 Å². The minimum absolute atomic E-state index is 0.0757. The molecule has 22 heavy (non-hydrogen) atoms. The molecule has 0 bridgehead atoms. The summed E-state index contributed by atoms with van der Waals surface area (Å²) in [6.07, 6.45) is 3.91. The first-order valence-electron chi connectivity index (χ1n) is 7.18. The summed E-state index contributed by atoms with van der Waals surface area (Å²) in [5, 5.41) is 18.4. The minimum atomic E-state index is -0.953. The lowest BCUT2D eigenvalue weighted by atomic mass is 9.83. The van der Waals surface area contributed by atoms with Gasteiger partial charge >= 0.3 is 5.97 Å². The second kappa shape index (κ2) is 4.91. The number of hydrogen-bond acceptors (Lipinski definition) is 4. The Morgan fingerprint density at radius 3 is 2.77 bits per heavy atom. The third-order valence-corrected chi connectivity index (χ3v) is 4.48. The zero-order valence-corrected chi connectivity index (χ0v) is 12.5. The summed E-state index contributed by atoms with van der Waals surface area (Å²) in [7, 11) is 0. The molecule has 0 aromatic carbocycles. The molecule has 1 aromatic rings. The Morgan fingerprint density at radius 1 is 1.50 bits per heavy atom. The van der Waals surface area contributed by atoms with Crippen LogP contribution in [0.2, 0.25) is 0 Å². The zero-order valence-electron chi connectivity index (χ0n) is 12.5. The highest BCUT2D eigenvalue weighted by Gasteiger charge is 2.60. The Morgan fingerprint density at radius 2 is 2.23 bits per heavy atom. The van der Waals surface area contributed by atoms with Crippen LogP contribution in [-0.2, 0) is 16.2 Å². The number of aliphatic hydroxyl groups is 1. The van der Waals surface area contributed by atoms with Gasteiger partial charge in [-0.2, -0.15) is 0 Å². The van der Waals surface area contributed by atoms with E-state index in [1.807, 2.05) is 13.8 Å². The van der Waals surface area contributed by atoms with E-state index < -0.39 is 17.4 Å². The normalized spacial score (nSPS) is 27.7. The van der Waals surface area contributed by atoms with E-state index in [-0.39, 0.29) is 18.6 Å². The summed E-state index contributed by atoms with van der Waals surface area (Å²) in [6.45, 7) is 3.68. The zero-order chi connectivity index (χ0) is 16.1. The summed E-state index contributed by atoms with van der Waals surface area (Å²) < 4.78 is 0. The van der Waals surface area contributed by atoms with Gasteiger partial charge in [0.15, 0.2) is 0 Å². The first-order valence-corrected chi connectivity index (χ1v) is 7.18. The Kier molecular flexibility index (Phi) is 3.29. The number of aliphatic carboxylic acids is 1. The lowest BCUT2D eigenvalue weighted by molar-refractivity contribution is -0.154. The van der Waals surface area contributed by atoms with Gasteiger partial charge in [0.05, 0.1) is 18.3 Å². The molecule has 2 aliphatic heterocycles. The number of fused-ring (bicyclic) bond motifs is 1. The van der Waals surface area contributed by atoms with Gasteiger partial charge in [0.25, 0.3) is 5.91 Å². The van der Waals surface area contributed by atoms with Crippen molar-refractivity contribution < 1.29 is 19.8 Å². The molecule has 6 nitrogen and oxygen atoms in total. The molecule has 2 saturated heterocycles. The van der Waals surface area contributed by atoms with Gasteiger partial charge in [0.2, 0.25) is 0 Å². The summed E-state index contributed by atoms with van der Waals surface area (Å²) in [5.41, 5.74) is 1.50. The maximum absolute atomic E-state index is 12.3. The molecule has 0 radical (unpaired) electrons. The highest BCUT2D eigenvalue weighted by molar-refractivity contribution is 6.08. The topological polar surface area (TPSA) is 90.7 Å². The maximum Gasteiger partial charge on any atom is 0.327 e. The van der Waals surface area contributed by atoms with Crippen LogP contribution in [0.25, 0.3) is 6.08 Å². The molecule has 0 saturated carbocycles. The van der Waals surface area contributed by atoms with Gasteiger partial charge in [-0.3, -0.25) is 9.78 Å². The predicted molar refractivity (Wildman–Crippen MR) is 78.6 cm³/mol. The Labute approximate surface area is 128 Å². The standard InChI is InChI=1S/C16H18N2O4/c1-16(2)6-12-11(14(20)18(12)13(16)15(21)22)5-10-4-3-9(8-19)7-17-10/h3-5,7,12-13,19H,6,8H2,1-2H3,(H,21,22)/b11-5+/t12?,13-/m0/s1. The molecule has 1 aromatic heterocycles. The smallest absolute Gasteiger partial charge is 0.327 e. The minimum Gasteiger partial charge on any atom is -0.480 e. The molecule has 2 atom stereocenters. The SMILES string of the molecule is CC1(C)CC2/C(=C\c3ccc(CO)cn3)C(=O)N2[C@H]1C(=O)O. The number of carbonyl (C=O) groups is 2. The highest BCUT2D eigenvalue weighted by atomic mass is 16.4. The summed E-state index contributed by atoms with van der Waals surface area (Å²) in [4.78, 5) is 29.4. The Bertz CT molecular complexity index is 663. The number of aromatic nitrogens is 1. The molecule has 2 fully saturated rings. The summed E-state index contributed by atoms with van der Waals surface area (Å²) >= 11 is 0. The average Bonchev–Trinajstić information content (AvgIpc) is 2.74. The molecule has 1 unspecified atom stereocenters. The largest absolute Gasteiger partial charge is 0.480 e.